The fraction of sp³-hybridized carbons (Fsp3) is 0.818. The monoisotopic (exact) mass is 382 g/mol. The molecule has 2 saturated heterocycles. The summed E-state index contributed by atoms with van der Waals surface area (Å²) in [6.45, 7) is 6.24. The Morgan fingerprint density at radius 1 is 1.28 bits per heavy atom. The summed E-state index contributed by atoms with van der Waals surface area (Å²) >= 11 is 2.12. The fourth-order valence-corrected chi connectivity index (χ4v) is 5.53. The molecule has 3 aliphatic rings. The SMILES string of the molecule is C[Si](C)(C)O[C@H]1[C@H]2OC(=O)[C@]1(I)[C@H]1CC(=O)O[C@@H]21. The number of carbonyl (C=O) groups is 2. The van der Waals surface area contributed by atoms with Gasteiger partial charge in [0.05, 0.1) is 6.42 Å². The molecular formula is C11H15IO5Si. The lowest BCUT2D eigenvalue weighted by Gasteiger charge is -2.29. The van der Waals surface area contributed by atoms with Gasteiger partial charge in [0.2, 0.25) is 0 Å². The summed E-state index contributed by atoms with van der Waals surface area (Å²) in [4.78, 5) is 23.4. The van der Waals surface area contributed by atoms with Gasteiger partial charge in [0.25, 0.3) is 0 Å². The zero-order valence-corrected chi connectivity index (χ0v) is 13.6. The van der Waals surface area contributed by atoms with E-state index in [1.807, 2.05) is 0 Å². The van der Waals surface area contributed by atoms with Gasteiger partial charge in [-0.25, -0.2) is 0 Å². The van der Waals surface area contributed by atoms with Crippen LogP contribution in [0.4, 0.5) is 0 Å². The van der Waals surface area contributed by atoms with Crippen molar-refractivity contribution in [2.45, 2.75) is 47.8 Å². The molecule has 5 atom stereocenters. The molecule has 0 N–H and O–H groups in total. The molecule has 7 heteroatoms. The minimum Gasteiger partial charge on any atom is -0.458 e. The van der Waals surface area contributed by atoms with E-state index in [9.17, 15) is 9.59 Å². The van der Waals surface area contributed by atoms with Crippen molar-refractivity contribution in [2.24, 2.45) is 5.92 Å². The van der Waals surface area contributed by atoms with E-state index in [0.717, 1.165) is 0 Å². The predicted molar refractivity (Wildman–Crippen MR) is 72.8 cm³/mol. The number of hydrogen-bond donors (Lipinski definition) is 0. The molecule has 2 heterocycles. The molecule has 0 radical (unpaired) electrons. The van der Waals surface area contributed by atoms with Crippen LogP contribution in [0.25, 0.3) is 0 Å². The van der Waals surface area contributed by atoms with Gasteiger partial charge in [0, 0.05) is 5.92 Å². The second kappa shape index (κ2) is 3.69. The van der Waals surface area contributed by atoms with Crippen LogP contribution >= 0.6 is 22.6 Å². The van der Waals surface area contributed by atoms with Crippen molar-refractivity contribution in [2.75, 3.05) is 0 Å². The highest BCUT2D eigenvalue weighted by Crippen LogP contribution is 2.57. The first-order valence-corrected chi connectivity index (χ1v) is 10.5. The lowest BCUT2D eigenvalue weighted by atomic mass is 9.92. The third-order valence-corrected chi connectivity index (χ3v) is 6.48. The van der Waals surface area contributed by atoms with Crippen LogP contribution in [0.3, 0.4) is 0 Å². The highest BCUT2D eigenvalue weighted by atomic mass is 127. The summed E-state index contributed by atoms with van der Waals surface area (Å²) in [7, 11) is -1.78. The van der Waals surface area contributed by atoms with Crippen LogP contribution in [0.15, 0.2) is 0 Å². The molecule has 3 fully saturated rings. The molecule has 0 aromatic rings. The first-order chi connectivity index (χ1) is 8.23. The highest BCUT2D eigenvalue weighted by molar-refractivity contribution is 14.1. The second-order valence-electron chi connectivity index (χ2n) is 6.05. The Balaban J connectivity index is 1.95. The fourth-order valence-electron chi connectivity index (χ4n) is 3.03. The highest BCUT2D eigenvalue weighted by Gasteiger charge is 2.75. The summed E-state index contributed by atoms with van der Waals surface area (Å²) in [5, 5.41) is 0. The van der Waals surface area contributed by atoms with E-state index >= 15 is 0 Å². The van der Waals surface area contributed by atoms with E-state index in [2.05, 4.69) is 42.2 Å². The molecule has 2 aliphatic heterocycles. The molecule has 0 aromatic heterocycles. The van der Waals surface area contributed by atoms with Crippen LogP contribution in [-0.2, 0) is 23.5 Å². The van der Waals surface area contributed by atoms with Crippen molar-refractivity contribution < 1.29 is 23.5 Å². The number of alkyl halides is 1. The number of ether oxygens (including phenoxy) is 2. The average molecular weight is 382 g/mol. The molecule has 0 aromatic carbocycles. The summed E-state index contributed by atoms with van der Waals surface area (Å²) < 4.78 is 16.0. The van der Waals surface area contributed by atoms with E-state index in [4.69, 9.17) is 13.9 Å². The van der Waals surface area contributed by atoms with Crippen LogP contribution < -0.4 is 0 Å². The Morgan fingerprint density at radius 2 is 1.94 bits per heavy atom. The van der Waals surface area contributed by atoms with Gasteiger partial charge in [-0.2, -0.15) is 0 Å². The normalized spacial score (nSPS) is 46.0. The number of halogens is 1. The van der Waals surface area contributed by atoms with Crippen molar-refractivity contribution in [3.05, 3.63) is 0 Å². The zero-order chi connectivity index (χ0) is 13.3. The van der Waals surface area contributed by atoms with E-state index in [0.29, 0.717) is 6.42 Å². The van der Waals surface area contributed by atoms with Crippen molar-refractivity contribution >= 4 is 42.8 Å². The zero-order valence-electron chi connectivity index (χ0n) is 10.4. The second-order valence-corrected chi connectivity index (χ2v) is 12.3. The maximum absolute atomic E-state index is 12.0. The van der Waals surface area contributed by atoms with Crippen molar-refractivity contribution in [3.8, 4) is 0 Å². The van der Waals surface area contributed by atoms with Gasteiger partial charge in [-0.05, 0) is 19.6 Å². The number of fused-ring (bicyclic) bond motifs is 5. The standard InChI is InChI=1S/C11H15IO5Si/c1-18(2,3)17-9-8-7-5(4-6(13)15-7)11(9,12)10(14)16-8/h5,7-9H,4H2,1-3H3/t5-,7+,8-,9-,11-/m0/s1. The lowest BCUT2D eigenvalue weighted by Crippen LogP contribution is -2.47. The van der Waals surface area contributed by atoms with Gasteiger partial charge in [0.1, 0.15) is 12.2 Å². The Morgan fingerprint density at radius 3 is 2.56 bits per heavy atom. The molecule has 2 bridgehead atoms. The molecule has 18 heavy (non-hydrogen) atoms. The van der Waals surface area contributed by atoms with E-state index < -0.39 is 17.8 Å². The molecule has 0 unspecified atom stereocenters. The van der Waals surface area contributed by atoms with Gasteiger partial charge in [-0.15, -0.1) is 0 Å². The van der Waals surface area contributed by atoms with Gasteiger partial charge < -0.3 is 13.9 Å². The van der Waals surface area contributed by atoms with E-state index in [-0.39, 0.29) is 30.1 Å². The predicted octanol–water partition coefficient (Wildman–Crippen LogP) is 1.25. The maximum atomic E-state index is 12.0. The molecular weight excluding hydrogens is 367 g/mol. The van der Waals surface area contributed by atoms with Crippen LogP contribution in [-0.4, -0.2) is 42.0 Å². The molecule has 0 spiro atoms. The van der Waals surface area contributed by atoms with Gasteiger partial charge in [0.15, 0.2) is 17.8 Å². The number of esters is 2. The smallest absolute Gasteiger partial charge is 0.325 e. The first kappa shape index (κ1) is 12.9. The first-order valence-electron chi connectivity index (χ1n) is 6.01. The third-order valence-electron chi connectivity index (χ3n) is 3.66. The minimum atomic E-state index is -1.78. The molecule has 1 saturated carbocycles. The quantitative estimate of drug-likeness (QED) is 0.311. The summed E-state index contributed by atoms with van der Waals surface area (Å²) in [6, 6.07) is 0. The topological polar surface area (TPSA) is 61.8 Å². The minimum absolute atomic E-state index is 0.0989. The molecule has 3 rings (SSSR count). The summed E-state index contributed by atoms with van der Waals surface area (Å²) in [5.41, 5.74) is 0. The van der Waals surface area contributed by atoms with Crippen LogP contribution in [0.1, 0.15) is 6.42 Å². The van der Waals surface area contributed by atoms with Crippen LogP contribution in [0.5, 0.6) is 0 Å². The van der Waals surface area contributed by atoms with Gasteiger partial charge >= 0.3 is 11.9 Å². The maximum Gasteiger partial charge on any atom is 0.325 e. The molecule has 100 valence electrons. The van der Waals surface area contributed by atoms with Crippen molar-refractivity contribution in [1.82, 2.24) is 0 Å². The molecule has 1 aliphatic carbocycles. The average Bonchev–Trinajstić information content (AvgIpc) is 2.76. The summed E-state index contributed by atoms with van der Waals surface area (Å²) in [6.07, 6.45) is -0.712. The summed E-state index contributed by atoms with van der Waals surface area (Å²) in [5.74, 6) is -0.588. The van der Waals surface area contributed by atoms with Gasteiger partial charge in [-0.3, -0.25) is 9.59 Å². The third kappa shape index (κ3) is 1.59. The molecule has 0 amide bonds. The Hall–Kier alpha value is -0.153. The Kier molecular flexibility index (Phi) is 2.64. The van der Waals surface area contributed by atoms with Gasteiger partial charge in [-0.1, -0.05) is 22.6 Å². The molecule has 5 nitrogen and oxygen atoms in total. The largest absolute Gasteiger partial charge is 0.458 e. The Bertz CT molecular complexity index is 434. The number of carbonyl (C=O) groups excluding carboxylic acids is 2. The number of rotatable bonds is 2. The van der Waals surface area contributed by atoms with E-state index in [1.54, 1.807) is 0 Å². The van der Waals surface area contributed by atoms with Crippen molar-refractivity contribution in [1.29, 1.82) is 0 Å². The Labute approximate surface area is 120 Å². The van der Waals surface area contributed by atoms with E-state index in [1.165, 1.54) is 0 Å². The van der Waals surface area contributed by atoms with Crippen LogP contribution in [0, 0.1) is 5.92 Å². The number of hydrogen-bond acceptors (Lipinski definition) is 5. The van der Waals surface area contributed by atoms with Crippen molar-refractivity contribution in [3.63, 3.8) is 0 Å². The van der Waals surface area contributed by atoms with Crippen LogP contribution in [0.2, 0.25) is 19.6 Å². The lowest BCUT2D eigenvalue weighted by molar-refractivity contribution is -0.161.